The molecule has 289 valence electrons. The Kier molecular flexibility index (Phi) is 12.0. The molecule has 0 fully saturated rings. The van der Waals surface area contributed by atoms with Gasteiger partial charge in [0.15, 0.2) is 0 Å². The van der Waals surface area contributed by atoms with Crippen LogP contribution in [0.4, 0.5) is 21.6 Å². The minimum Gasteiger partial charge on any atom is -0.359 e. The third-order valence-electron chi connectivity index (χ3n) is 7.51. The average Bonchev–Trinajstić information content (AvgIpc) is 3.83. The molecule has 6 rings (SSSR count). The molecule has 0 saturated heterocycles. The van der Waals surface area contributed by atoms with Crippen molar-refractivity contribution >= 4 is 55.6 Å². The zero-order chi connectivity index (χ0) is 38.6. The SMILES string of the molecule is CC(C)c1nn2nc(C(C)(C)C)c(N=Nc3nnc(C(C)(C)C)s3)c2[n-]1.CC(C)c1nn2nc(C(C)(C)C)c(N=Nc3nnc(C(C)(C)C)s3)c2[n-]1.[Cu+2]. The van der Waals surface area contributed by atoms with Gasteiger partial charge >= 0.3 is 17.1 Å². The van der Waals surface area contributed by atoms with Crippen LogP contribution in [-0.4, -0.2) is 50.0 Å². The van der Waals surface area contributed by atoms with Gasteiger partial charge in [0.05, 0.1) is 22.7 Å². The van der Waals surface area contributed by atoms with Gasteiger partial charge in [0.2, 0.25) is 0 Å². The van der Waals surface area contributed by atoms with Crippen LogP contribution in [0.15, 0.2) is 20.5 Å². The minimum absolute atomic E-state index is 0. The second kappa shape index (κ2) is 15.1. The standard InChI is InChI=1S/2C17H25N8S.Cu/c2*1-9(2)12-18-13-10(11(16(3,4)5)23-25(13)24-12)19-21-15-22-20-14(26-15)17(6,7)8;/h2*9H,1-8H3;/q2*-1;+2. The smallest absolute Gasteiger partial charge is 0.359 e. The minimum atomic E-state index is -0.202. The molecule has 0 saturated carbocycles. The maximum atomic E-state index is 4.61. The first kappa shape index (κ1) is 41.9. The molecule has 19 heteroatoms. The largest absolute Gasteiger partial charge is 2.00 e. The molecule has 16 nitrogen and oxygen atoms in total. The Morgan fingerprint density at radius 3 is 1.09 bits per heavy atom. The van der Waals surface area contributed by atoms with E-state index in [9.17, 15) is 0 Å². The number of aromatic nitrogens is 12. The quantitative estimate of drug-likeness (QED) is 0.116. The third-order valence-corrected chi connectivity index (χ3v) is 9.98. The Morgan fingerprint density at radius 1 is 0.491 bits per heavy atom. The Hall–Kier alpha value is -3.80. The van der Waals surface area contributed by atoms with E-state index in [4.69, 9.17) is 0 Å². The van der Waals surface area contributed by atoms with E-state index >= 15 is 0 Å². The van der Waals surface area contributed by atoms with Gasteiger partial charge in [-0.3, -0.25) is 9.26 Å². The molecule has 6 aromatic rings. The van der Waals surface area contributed by atoms with Crippen LogP contribution in [0.25, 0.3) is 11.3 Å². The topological polar surface area (TPSA) is 190 Å². The number of hydrogen-bond donors (Lipinski definition) is 0. The van der Waals surface area contributed by atoms with Crippen molar-refractivity contribution in [2.45, 2.75) is 144 Å². The van der Waals surface area contributed by atoms with Gasteiger partial charge in [0.25, 0.3) is 10.3 Å². The second-order valence-electron chi connectivity index (χ2n) is 17.4. The van der Waals surface area contributed by atoms with Crippen molar-refractivity contribution in [2.75, 3.05) is 0 Å². The van der Waals surface area contributed by atoms with Gasteiger partial charge in [-0.05, 0) is 23.5 Å². The maximum Gasteiger partial charge on any atom is 2.00 e. The van der Waals surface area contributed by atoms with E-state index in [-0.39, 0.29) is 50.6 Å². The van der Waals surface area contributed by atoms with E-state index in [1.807, 2.05) is 0 Å². The third kappa shape index (κ3) is 9.48. The summed E-state index contributed by atoms with van der Waals surface area (Å²) in [5, 5.41) is 55.2. The van der Waals surface area contributed by atoms with Gasteiger partial charge in [-0.2, -0.15) is 0 Å². The Bertz CT molecular complexity index is 2060. The first-order chi connectivity index (χ1) is 23.9. The van der Waals surface area contributed by atoms with Crippen LogP contribution in [0.1, 0.15) is 156 Å². The molecule has 0 aliphatic rings. The Labute approximate surface area is 329 Å². The van der Waals surface area contributed by atoms with E-state index in [1.165, 1.54) is 22.7 Å². The molecule has 0 unspecified atom stereocenters. The fourth-order valence-electron chi connectivity index (χ4n) is 4.56. The molecule has 0 spiro atoms. The van der Waals surface area contributed by atoms with Crippen LogP contribution in [0.2, 0.25) is 0 Å². The normalized spacial score (nSPS) is 13.3. The van der Waals surface area contributed by atoms with Gasteiger partial charge < -0.3 is 20.2 Å². The summed E-state index contributed by atoms with van der Waals surface area (Å²) >= 11 is 2.89. The van der Waals surface area contributed by atoms with Crippen LogP contribution < -0.4 is 9.97 Å². The first-order valence-corrected chi connectivity index (χ1v) is 19.0. The summed E-state index contributed by atoms with van der Waals surface area (Å²) in [6.07, 6.45) is 0. The molecule has 0 N–H and O–H groups in total. The average molecular weight is 811 g/mol. The molecule has 6 aromatic heterocycles. The fourth-order valence-corrected chi connectivity index (χ4v) is 6.01. The summed E-state index contributed by atoms with van der Waals surface area (Å²) < 4.78 is 3.12. The van der Waals surface area contributed by atoms with E-state index < -0.39 is 0 Å². The summed E-state index contributed by atoms with van der Waals surface area (Å²) in [6.45, 7) is 33.3. The predicted molar refractivity (Wildman–Crippen MR) is 204 cm³/mol. The second-order valence-corrected chi connectivity index (χ2v) is 19.4. The first-order valence-electron chi connectivity index (χ1n) is 17.3. The zero-order valence-corrected chi connectivity index (χ0v) is 36.0. The molecule has 0 amide bonds. The molecule has 6 heterocycles. The van der Waals surface area contributed by atoms with Crippen molar-refractivity contribution in [1.82, 2.24) is 60.0 Å². The van der Waals surface area contributed by atoms with Crippen molar-refractivity contribution in [3.05, 3.63) is 33.1 Å². The predicted octanol–water partition coefficient (Wildman–Crippen LogP) is 9.34. The number of rotatable bonds is 6. The fraction of sp³-hybridized carbons (Fsp3) is 0.647. The number of azo groups is 2. The van der Waals surface area contributed by atoms with Gasteiger partial charge in [0, 0.05) is 21.7 Å². The van der Waals surface area contributed by atoms with E-state index in [1.54, 1.807) is 9.26 Å². The monoisotopic (exact) mass is 809 g/mol. The zero-order valence-electron chi connectivity index (χ0n) is 33.4. The molecule has 53 heavy (non-hydrogen) atoms. The molecular weight excluding hydrogens is 760 g/mol. The molecular formula is C34H50CuN16S2. The van der Waals surface area contributed by atoms with Crippen molar-refractivity contribution in [2.24, 2.45) is 20.5 Å². The van der Waals surface area contributed by atoms with Crippen LogP contribution >= 0.6 is 22.7 Å². The summed E-state index contributed by atoms with van der Waals surface area (Å²) in [4.78, 5) is 9.21. The van der Waals surface area contributed by atoms with E-state index in [2.05, 4.69) is 182 Å². The maximum absolute atomic E-state index is 4.61. The van der Waals surface area contributed by atoms with Crippen LogP contribution in [0.5, 0.6) is 0 Å². The van der Waals surface area contributed by atoms with Gasteiger partial charge in [0.1, 0.15) is 21.4 Å². The molecule has 0 bridgehead atoms. The van der Waals surface area contributed by atoms with Gasteiger partial charge in [-0.1, -0.05) is 133 Å². The molecule has 0 atom stereocenters. The molecule has 0 aromatic carbocycles. The summed E-state index contributed by atoms with van der Waals surface area (Å²) in [5.74, 6) is 1.93. The van der Waals surface area contributed by atoms with Gasteiger partial charge in [-0.25, -0.2) is 10.2 Å². The van der Waals surface area contributed by atoms with Crippen molar-refractivity contribution in [3.63, 3.8) is 0 Å². The number of fused-ring (bicyclic) bond motifs is 2. The molecule has 1 radical (unpaired) electrons. The Balaban J connectivity index is 0.000000232. The van der Waals surface area contributed by atoms with Crippen LogP contribution in [-0.2, 0) is 38.7 Å². The van der Waals surface area contributed by atoms with E-state index in [0.29, 0.717) is 32.9 Å². The number of hydrogen-bond acceptors (Lipinski definition) is 14. The summed E-state index contributed by atoms with van der Waals surface area (Å²) in [6, 6.07) is 0. The Morgan fingerprint density at radius 2 is 0.830 bits per heavy atom. The molecule has 0 aliphatic carbocycles. The van der Waals surface area contributed by atoms with Crippen molar-refractivity contribution in [1.29, 1.82) is 0 Å². The van der Waals surface area contributed by atoms with Crippen LogP contribution in [0.3, 0.4) is 0 Å². The van der Waals surface area contributed by atoms with Crippen molar-refractivity contribution in [3.8, 4) is 0 Å². The summed E-state index contributed by atoms with van der Waals surface area (Å²) in [5.41, 5.74) is 3.64. The van der Waals surface area contributed by atoms with Crippen molar-refractivity contribution < 1.29 is 17.1 Å². The number of nitrogens with zero attached hydrogens (tertiary/aromatic N) is 16. The van der Waals surface area contributed by atoms with Gasteiger partial charge in [-0.15, -0.1) is 40.9 Å². The van der Waals surface area contributed by atoms with Crippen LogP contribution in [0, 0.1) is 0 Å². The summed E-state index contributed by atoms with van der Waals surface area (Å²) in [7, 11) is 0. The van der Waals surface area contributed by atoms with E-state index in [0.717, 1.165) is 33.1 Å². The molecule has 0 aliphatic heterocycles.